The number of aldehydes is 2. The zero-order chi connectivity index (χ0) is 24.5. The molecule has 0 unspecified atom stereocenters. The van der Waals surface area contributed by atoms with Crippen molar-refractivity contribution in [1.82, 2.24) is 0 Å². The molecule has 4 nitrogen and oxygen atoms in total. The fourth-order valence-electron chi connectivity index (χ4n) is 0.552. The van der Waals surface area contributed by atoms with Crippen molar-refractivity contribution in [1.29, 1.82) is 0 Å². The van der Waals surface area contributed by atoms with Crippen molar-refractivity contribution in [2.75, 3.05) is 13.2 Å². The van der Waals surface area contributed by atoms with E-state index >= 15 is 0 Å². The minimum absolute atomic E-state index is 0. The first-order valence-corrected chi connectivity index (χ1v) is 75.7. The first-order valence-electron chi connectivity index (χ1n) is 11.7. The van der Waals surface area contributed by atoms with Crippen molar-refractivity contribution >= 4 is 265 Å². The Morgan fingerprint density at radius 1 is 0.586 bits per heavy atom. The molecular formula is C16H37K9O4. The van der Waals surface area contributed by atoms with E-state index in [1.807, 2.05) is 13.8 Å². The fraction of sp³-hybridized carbons (Fsp3) is 0.875. The van der Waals surface area contributed by atoms with Gasteiger partial charge in [0.1, 0.15) is 12.6 Å². The summed E-state index contributed by atoms with van der Waals surface area (Å²) in [7, 11) is 0. The van der Waals surface area contributed by atoms with Crippen LogP contribution in [0, 0.1) is 0 Å². The van der Waals surface area contributed by atoms with Gasteiger partial charge in [0.2, 0.25) is 0 Å². The van der Waals surface area contributed by atoms with Crippen LogP contribution in [0.2, 0.25) is 0 Å². The van der Waals surface area contributed by atoms with E-state index < -0.39 is 0 Å². The number of carbonyl (C=O) groups excluding carboxylic acids is 2. The summed E-state index contributed by atoms with van der Waals surface area (Å²) in [5.41, 5.74) is 0. The van der Waals surface area contributed by atoms with Gasteiger partial charge in [-0.2, -0.15) is 0 Å². The molecule has 29 heavy (non-hydrogen) atoms. The average molecular weight is 645 g/mol. The van der Waals surface area contributed by atoms with Gasteiger partial charge in [-0.15, -0.1) is 0 Å². The van der Waals surface area contributed by atoms with Crippen LogP contribution in [0.3, 0.4) is 0 Å². The quantitative estimate of drug-likeness (QED) is 0.228. The van der Waals surface area contributed by atoms with Crippen molar-refractivity contribution in [3.63, 3.8) is 0 Å². The topological polar surface area (TPSA) is 74.6 Å². The second kappa shape index (κ2) is 104. The van der Waals surface area contributed by atoms with E-state index in [9.17, 15) is 9.59 Å². The molecule has 0 saturated carbocycles. The minimum atomic E-state index is 0. The van der Waals surface area contributed by atoms with Gasteiger partial charge >= 0.3 is 304 Å². The molecule has 0 saturated heterocycles. The third-order valence-corrected chi connectivity index (χ3v) is 1.84. The van der Waals surface area contributed by atoms with Gasteiger partial charge in [-0.25, -0.2) is 0 Å². The summed E-state index contributed by atoms with van der Waals surface area (Å²) in [6.45, 7) is 8.75. The maximum atomic E-state index is 9.40. The summed E-state index contributed by atoms with van der Waals surface area (Å²) >= 11 is 10.0. The number of aliphatic hydroxyl groups is 2. The van der Waals surface area contributed by atoms with E-state index in [0.717, 1.165) is 51.1 Å². The van der Waals surface area contributed by atoms with Gasteiger partial charge in [-0.05, 0) is 25.7 Å². The Morgan fingerprint density at radius 3 is 0.793 bits per heavy atom. The predicted molar refractivity (Wildman–Crippen MR) is 133 cm³/mol. The Bertz CT molecular complexity index is 151. The Hall–Kier alpha value is 14.0. The SMILES string of the molecule is CCCC=O.CCCC=O.CCCCO.CCCCO.[H-].[K+].[K][K].[K][K].[K][K].[K][K]. The molecule has 0 rings (SSSR count). The molecule has 0 aliphatic carbocycles. The molecule has 0 aromatic heterocycles. The zero-order valence-electron chi connectivity index (χ0n) is 23.9. The van der Waals surface area contributed by atoms with Gasteiger partial charge in [0.05, 0.1) is 0 Å². The first kappa shape index (κ1) is 65.6. The maximum absolute atomic E-state index is 9.40. The van der Waals surface area contributed by atoms with Crippen LogP contribution in [-0.4, -0.2) is 289 Å². The molecule has 0 atom stereocenters. The normalized spacial score (nSPS) is 6.55. The molecule has 0 aliphatic heterocycles. The zero-order valence-corrected chi connectivity index (χ0v) is 51.0. The van der Waals surface area contributed by atoms with Crippen molar-refractivity contribution < 1.29 is 72.6 Å². The van der Waals surface area contributed by atoms with E-state index in [1.54, 1.807) is 0 Å². The molecule has 0 bridgehead atoms. The van der Waals surface area contributed by atoms with E-state index in [4.69, 9.17) is 10.2 Å². The summed E-state index contributed by atoms with van der Waals surface area (Å²) in [6, 6.07) is 0. The van der Waals surface area contributed by atoms with Gasteiger partial charge in [0, 0.05) is 26.1 Å². The number of aliphatic hydroxyl groups excluding tert-OH is 2. The van der Waals surface area contributed by atoms with Crippen LogP contribution in [0.5, 0.6) is 0 Å². The summed E-state index contributed by atoms with van der Waals surface area (Å²) < 4.78 is 0. The Balaban J connectivity index is -0.0000000196. The van der Waals surface area contributed by atoms with Crippen molar-refractivity contribution in [2.45, 2.75) is 79.1 Å². The van der Waals surface area contributed by atoms with Crippen LogP contribution in [0.25, 0.3) is 0 Å². The van der Waals surface area contributed by atoms with Crippen LogP contribution in [0.1, 0.15) is 80.5 Å². The molecule has 0 aromatic carbocycles. The summed E-state index contributed by atoms with van der Waals surface area (Å²) in [5, 5.41) is 16.1. The van der Waals surface area contributed by atoms with Crippen LogP contribution >= 0.6 is 0 Å². The molecule has 0 aromatic rings. The van der Waals surface area contributed by atoms with Gasteiger partial charge in [0.25, 0.3) is 0 Å². The molecular weight excluding hydrogens is 608 g/mol. The average Bonchev–Trinajstić information content (AvgIpc) is 2.77. The second-order valence-electron chi connectivity index (χ2n) is 4.07. The van der Waals surface area contributed by atoms with E-state index in [1.165, 1.54) is 253 Å². The van der Waals surface area contributed by atoms with Crippen LogP contribution in [0.15, 0.2) is 0 Å². The van der Waals surface area contributed by atoms with E-state index in [0.29, 0.717) is 26.1 Å². The number of rotatable bonds is 8. The van der Waals surface area contributed by atoms with E-state index in [-0.39, 0.29) is 52.8 Å². The molecule has 0 spiro atoms. The molecule has 0 fully saturated rings. The summed E-state index contributed by atoms with van der Waals surface area (Å²) in [4.78, 5) is 18.8. The number of unbranched alkanes of at least 4 members (excludes halogenated alkanes) is 4. The Labute approximate surface area is 408 Å². The van der Waals surface area contributed by atoms with Gasteiger partial charge < -0.3 is 21.2 Å². The van der Waals surface area contributed by atoms with Gasteiger partial charge in [-0.1, -0.05) is 40.5 Å². The van der Waals surface area contributed by atoms with Gasteiger partial charge in [-0.3, -0.25) is 0 Å². The van der Waals surface area contributed by atoms with Crippen molar-refractivity contribution in [3.8, 4) is 0 Å². The molecule has 134 valence electrons. The van der Waals surface area contributed by atoms with Crippen LogP contribution < -0.4 is 51.4 Å². The summed E-state index contributed by atoms with van der Waals surface area (Å²) in [5.74, 6) is 0. The number of hydrogen-bond acceptors (Lipinski definition) is 4. The van der Waals surface area contributed by atoms with Crippen LogP contribution in [0.4, 0.5) is 0 Å². The van der Waals surface area contributed by atoms with E-state index in [2.05, 4.69) is 13.8 Å². The summed E-state index contributed by atoms with van der Waals surface area (Å²) in [6.07, 6.45) is 9.31. The Kier molecular flexibility index (Phi) is 236. The second-order valence-corrected chi connectivity index (χ2v) is 4.07. The standard InChI is InChI=1S/2C4H10O.2C4H8O.9K.H/c4*1-2-3-4-5;;;;;;;;;;/h2*5H,2-4H2,1H3;2*4H,2-3H2,1H3;;;;;;;;;;/q;;;;;;;;;;;;+1;-1. The van der Waals surface area contributed by atoms with Gasteiger partial charge in [0.15, 0.2) is 0 Å². The number of carbonyl (C=O) groups is 2. The third-order valence-electron chi connectivity index (χ3n) is 1.84. The predicted octanol–water partition coefficient (Wildman–Crippen LogP) is -2.40. The molecule has 0 amide bonds. The first-order chi connectivity index (χ1) is 13.7. The monoisotopic (exact) mass is 644 g/mol. The van der Waals surface area contributed by atoms with Crippen LogP contribution in [-0.2, 0) is 9.59 Å². The van der Waals surface area contributed by atoms with Crippen molar-refractivity contribution in [2.24, 2.45) is 0 Å². The molecule has 0 heterocycles. The number of hydrogen-bond donors (Lipinski definition) is 2. The molecule has 0 aliphatic rings. The van der Waals surface area contributed by atoms with Crippen molar-refractivity contribution in [3.05, 3.63) is 0 Å². The third kappa shape index (κ3) is 139. The fourth-order valence-corrected chi connectivity index (χ4v) is 0.552. The molecule has 2 N–H and O–H groups in total. The molecule has 13 heteroatoms. The Morgan fingerprint density at radius 2 is 0.793 bits per heavy atom. The molecule has 0 radical (unpaired) electrons.